The molecule has 2 aliphatic rings. The van der Waals surface area contributed by atoms with Crippen LogP contribution in [0.3, 0.4) is 0 Å². The van der Waals surface area contributed by atoms with Gasteiger partial charge in [0.05, 0.1) is 0 Å². The Labute approximate surface area is 121 Å². The lowest BCUT2D eigenvalue weighted by Crippen LogP contribution is -2.19. The van der Waals surface area contributed by atoms with E-state index in [2.05, 4.69) is 62.4 Å². The Morgan fingerprint density at radius 2 is 1.70 bits per heavy atom. The van der Waals surface area contributed by atoms with Gasteiger partial charge in [0.2, 0.25) is 0 Å². The summed E-state index contributed by atoms with van der Waals surface area (Å²) in [7, 11) is 0. The molecule has 0 unspecified atom stereocenters. The number of aryl methyl sites for hydroxylation is 1. The summed E-state index contributed by atoms with van der Waals surface area (Å²) in [6.07, 6.45) is 8.23. The minimum Gasteiger partial charge on any atom is -0.0779 e. The lowest BCUT2D eigenvalue weighted by Gasteiger charge is -2.31. The molecule has 0 saturated heterocycles. The van der Waals surface area contributed by atoms with E-state index in [0.717, 1.165) is 0 Å². The van der Waals surface area contributed by atoms with Gasteiger partial charge in [-0.1, -0.05) is 62.4 Å². The SMILES string of the molecule is CC1(C)C=Cc2ccc3c(c2C1)CCc1ccccc1-3. The smallest absolute Gasteiger partial charge is 0.0131 e. The molecule has 2 aliphatic carbocycles. The molecule has 0 radical (unpaired) electrons. The summed E-state index contributed by atoms with van der Waals surface area (Å²) in [5, 5.41) is 0. The summed E-state index contributed by atoms with van der Waals surface area (Å²) in [4.78, 5) is 0. The summed E-state index contributed by atoms with van der Waals surface area (Å²) in [6, 6.07) is 13.5. The molecule has 4 rings (SSSR count). The number of rotatable bonds is 0. The third kappa shape index (κ3) is 1.75. The largest absolute Gasteiger partial charge is 0.0779 e. The van der Waals surface area contributed by atoms with Crippen molar-refractivity contribution < 1.29 is 0 Å². The lowest BCUT2D eigenvalue weighted by molar-refractivity contribution is 0.472. The van der Waals surface area contributed by atoms with Crippen molar-refractivity contribution in [1.82, 2.24) is 0 Å². The lowest BCUT2D eigenvalue weighted by atomic mass is 9.74. The predicted octanol–water partition coefficient (Wildman–Crippen LogP) is 5.05. The van der Waals surface area contributed by atoms with E-state index < -0.39 is 0 Å². The fourth-order valence-electron chi connectivity index (χ4n) is 3.70. The van der Waals surface area contributed by atoms with Gasteiger partial charge in [0.1, 0.15) is 0 Å². The van der Waals surface area contributed by atoms with Gasteiger partial charge in [0.25, 0.3) is 0 Å². The maximum atomic E-state index is 2.36. The predicted molar refractivity (Wildman–Crippen MR) is 85.8 cm³/mol. The van der Waals surface area contributed by atoms with Gasteiger partial charge in [-0.25, -0.2) is 0 Å². The molecule has 0 atom stereocenters. The molecule has 0 spiro atoms. The van der Waals surface area contributed by atoms with Crippen molar-refractivity contribution in [3.05, 3.63) is 64.7 Å². The Bertz CT molecular complexity index is 717. The van der Waals surface area contributed by atoms with Crippen molar-refractivity contribution in [3.8, 4) is 11.1 Å². The Morgan fingerprint density at radius 1 is 0.850 bits per heavy atom. The number of allylic oxidation sites excluding steroid dienone is 1. The zero-order valence-corrected chi connectivity index (χ0v) is 12.2. The molecule has 0 aliphatic heterocycles. The topological polar surface area (TPSA) is 0 Å². The molecule has 0 fully saturated rings. The van der Waals surface area contributed by atoms with Crippen LogP contribution in [0.1, 0.15) is 36.1 Å². The van der Waals surface area contributed by atoms with E-state index in [1.54, 1.807) is 11.1 Å². The highest BCUT2D eigenvalue weighted by molar-refractivity contribution is 5.77. The van der Waals surface area contributed by atoms with E-state index >= 15 is 0 Å². The standard InChI is InChI=1S/C20H20/c1-20(2)12-11-15-8-9-17-16-6-4-3-5-14(16)7-10-18(17)19(15)13-20/h3-6,8-9,11-12H,7,10,13H2,1-2H3. The normalized spacial score (nSPS) is 18.1. The maximum absolute atomic E-state index is 2.36. The first-order chi connectivity index (χ1) is 9.64. The second-order valence-corrected chi connectivity index (χ2v) is 6.82. The van der Waals surface area contributed by atoms with Crippen LogP contribution in [0.4, 0.5) is 0 Å². The van der Waals surface area contributed by atoms with Crippen molar-refractivity contribution >= 4 is 6.08 Å². The second-order valence-electron chi connectivity index (χ2n) is 6.82. The van der Waals surface area contributed by atoms with Crippen molar-refractivity contribution in [2.75, 3.05) is 0 Å². The molecule has 0 bridgehead atoms. The van der Waals surface area contributed by atoms with Crippen molar-refractivity contribution in [1.29, 1.82) is 0 Å². The van der Waals surface area contributed by atoms with Crippen molar-refractivity contribution in [2.24, 2.45) is 5.41 Å². The Kier molecular flexibility index (Phi) is 2.44. The van der Waals surface area contributed by atoms with E-state index in [1.807, 2.05) is 0 Å². The van der Waals surface area contributed by atoms with E-state index in [9.17, 15) is 0 Å². The Morgan fingerprint density at radius 3 is 2.60 bits per heavy atom. The van der Waals surface area contributed by atoms with Gasteiger partial charge in [-0.2, -0.15) is 0 Å². The molecule has 0 amide bonds. The van der Waals surface area contributed by atoms with Crippen molar-refractivity contribution in [3.63, 3.8) is 0 Å². The van der Waals surface area contributed by atoms with Gasteiger partial charge in [-0.3, -0.25) is 0 Å². The molecule has 0 aromatic heterocycles. The quantitative estimate of drug-likeness (QED) is 0.622. The molecule has 0 saturated carbocycles. The van der Waals surface area contributed by atoms with E-state index in [0.29, 0.717) is 5.41 Å². The van der Waals surface area contributed by atoms with Gasteiger partial charge in [0, 0.05) is 0 Å². The molecule has 0 heterocycles. The maximum Gasteiger partial charge on any atom is -0.0131 e. The highest BCUT2D eigenvalue weighted by Crippen LogP contribution is 2.41. The number of fused-ring (bicyclic) bond motifs is 5. The van der Waals surface area contributed by atoms with Crippen molar-refractivity contribution in [2.45, 2.75) is 33.1 Å². The molecule has 20 heavy (non-hydrogen) atoms. The molecule has 0 nitrogen and oxygen atoms in total. The molecule has 0 N–H and O–H groups in total. The molecular weight excluding hydrogens is 240 g/mol. The van der Waals surface area contributed by atoms with Gasteiger partial charge in [0.15, 0.2) is 0 Å². The van der Waals surface area contributed by atoms with Crippen LogP contribution in [0.25, 0.3) is 17.2 Å². The van der Waals surface area contributed by atoms with Gasteiger partial charge < -0.3 is 0 Å². The number of hydrogen-bond acceptors (Lipinski definition) is 0. The van der Waals surface area contributed by atoms with E-state index in [4.69, 9.17) is 0 Å². The average Bonchev–Trinajstić information content (AvgIpc) is 2.45. The Hall–Kier alpha value is -1.82. The van der Waals surface area contributed by atoms with Crippen LogP contribution in [-0.2, 0) is 19.3 Å². The third-order valence-corrected chi connectivity index (χ3v) is 4.77. The van der Waals surface area contributed by atoms with Crippen LogP contribution in [-0.4, -0.2) is 0 Å². The van der Waals surface area contributed by atoms with Crippen LogP contribution in [0.15, 0.2) is 42.5 Å². The van der Waals surface area contributed by atoms with Crippen LogP contribution >= 0.6 is 0 Å². The van der Waals surface area contributed by atoms with Crippen LogP contribution in [0.2, 0.25) is 0 Å². The minimum absolute atomic E-state index is 0.291. The van der Waals surface area contributed by atoms with Crippen LogP contribution < -0.4 is 0 Å². The Balaban J connectivity index is 1.95. The van der Waals surface area contributed by atoms with Crippen LogP contribution in [0, 0.1) is 5.41 Å². The first-order valence-electron chi connectivity index (χ1n) is 7.56. The first-order valence-corrected chi connectivity index (χ1v) is 7.56. The average molecular weight is 260 g/mol. The molecule has 0 heteroatoms. The van der Waals surface area contributed by atoms with Gasteiger partial charge in [-0.05, 0) is 58.1 Å². The van der Waals surface area contributed by atoms with Gasteiger partial charge in [-0.15, -0.1) is 0 Å². The van der Waals surface area contributed by atoms with E-state index in [-0.39, 0.29) is 0 Å². The summed E-state index contributed by atoms with van der Waals surface area (Å²) in [5.74, 6) is 0. The third-order valence-electron chi connectivity index (χ3n) is 4.77. The summed E-state index contributed by atoms with van der Waals surface area (Å²) >= 11 is 0. The first kappa shape index (κ1) is 12.0. The number of hydrogen-bond donors (Lipinski definition) is 0. The molecule has 2 aromatic rings. The highest BCUT2D eigenvalue weighted by Gasteiger charge is 2.26. The summed E-state index contributed by atoms with van der Waals surface area (Å²) in [6.45, 7) is 4.67. The van der Waals surface area contributed by atoms with Crippen LogP contribution in [0.5, 0.6) is 0 Å². The molecule has 100 valence electrons. The van der Waals surface area contributed by atoms with Gasteiger partial charge >= 0.3 is 0 Å². The van der Waals surface area contributed by atoms with E-state index in [1.165, 1.54) is 41.5 Å². The summed E-state index contributed by atoms with van der Waals surface area (Å²) < 4.78 is 0. The minimum atomic E-state index is 0.291. The zero-order chi connectivity index (χ0) is 13.7. The zero-order valence-electron chi connectivity index (χ0n) is 12.2. The monoisotopic (exact) mass is 260 g/mol. The fourth-order valence-corrected chi connectivity index (χ4v) is 3.70. The molecule has 2 aromatic carbocycles. The second kappa shape index (κ2) is 4.09. The summed E-state index contributed by atoms with van der Waals surface area (Å²) in [5.41, 5.74) is 9.33. The fraction of sp³-hybridized carbons (Fsp3) is 0.300. The highest BCUT2D eigenvalue weighted by atomic mass is 14.3. The number of benzene rings is 2. The molecular formula is C20H20.